The first-order valence-electron chi connectivity index (χ1n) is 6.29. The highest BCUT2D eigenvalue weighted by molar-refractivity contribution is 5.32. The van der Waals surface area contributed by atoms with E-state index in [-0.39, 0.29) is 0 Å². The van der Waals surface area contributed by atoms with Crippen LogP contribution in [0.25, 0.3) is 0 Å². The fourth-order valence-corrected chi connectivity index (χ4v) is 1.70. The second-order valence-electron chi connectivity index (χ2n) is 4.45. The van der Waals surface area contributed by atoms with E-state index >= 15 is 0 Å². The fourth-order valence-electron chi connectivity index (χ4n) is 1.70. The number of methoxy groups -OCH3 is 1. The molecule has 1 atom stereocenters. The van der Waals surface area contributed by atoms with Crippen LogP contribution in [-0.2, 0) is 11.3 Å². The van der Waals surface area contributed by atoms with Crippen molar-refractivity contribution in [3.05, 3.63) is 29.8 Å². The number of nitrogens with zero attached hydrogens (tertiary/aromatic N) is 1. The standard InChI is InChI=1S/C14H24N2O2/c1-12(11-17-3)16(2)8-9-18-14-7-5-4-6-13(14)10-15/h4-7,12H,8-11,15H2,1-3H3. The van der Waals surface area contributed by atoms with Crippen molar-refractivity contribution in [2.45, 2.75) is 19.5 Å². The van der Waals surface area contributed by atoms with E-state index in [4.69, 9.17) is 15.2 Å². The fraction of sp³-hybridized carbons (Fsp3) is 0.571. The lowest BCUT2D eigenvalue weighted by molar-refractivity contribution is 0.105. The first-order chi connectivity index (χ1) is 8.69. The van der Waals surface area contributed by atoms with Crippen LogP contribution in [0.2, 0.25) is 0 Å². The summed E-state index contributed by atoms with van der Waals surface area (Å²) < 4.78 is 10.9. The first kappa shape index (κ1) is 15.0. The van der Waals surface area contributed by atoms with Gasteiger partial charge in [-0.25, -0.2) is 0 Å². The third kappa shape index (κ3) is 4.64. The molecule has 4 heteroatoms. The molecular formula is C14H24N2O2. The van der Waals surface area contributed by atoms with Gasteiger partial charge < -0.3 is 15.2 Å². The highest BCUT2D eigenvalue weighted by Gasteiger charge is 2.08. The molecule has 0 aliphatic rings. The van der Waals surface area contributed by atoms with E-state index in [0.29, 0.717) is 19.2 Å². The van der Waals surface area contributed by atoms with Gasteiger partial charge >= 0.3 is 0 Å². The van der Waals surface area contributed by atoms with E-state index in [1.165, 1.54) is 0 Å². The summed E-state index contributed by atoms with van der Waals surface area (Å²) in [5.74, 6) is 0.882. The largest absolute Gasteiger partial charge is 0.492 e. The molecule has 0 bridgehead atoms. The van der Waals surface area contributed by atoms with Crippen LogP contribution in [0.1, 0.15) is 12.5 Å². The molecule has 0 fully saturated rings. The number of ether oxygens (including phenoxy) is 2. The smallest absolute Gasteiger partial charge is 0.123 e. The Morgan fingerprint density at radius 3 is 2.72 bits per heavy atom. The summed E-state index contributed by atoms with van der Waals surface area (Å²) >= 11 is 0. The van der Waals surface area contributed by atoms with Gasteiger partial charge in [0.05, 0.1) is 6.61 Å². The normalized spacial score (nSPS) is 12.7. The van der Waals surface area contributed by atoms with Crippen LogP contribution >= 0.6 is 0 Å². The molecular weight excluding hydrogens is 228 g/mol. The monoisotopic (exact) mass is 252 g/mol. The molecule has 1 aromatic carbocycles. The van der Waals surface area contributed by atoms with E-state index in [9.17, 15) is 0 Å². The maximum atomic E-state index is 5.76. The maximum absolute atomic E-state index is 5.76. The van der Waals surface area contributed by atoms with E-state index in [0.717, 1.165) is 24.5 Å². The summed E-state index contributed by atoms with van der Waals surface area (Å²) in [6.45, 7) is 4.89. The topological polar surface area (TPSA) is 47.7 Å². The molecule has 1 unspecified atom stereocenters. The first-order valence-corrected chi connectivity index (χ1v) is 6.29. The lowest BCUT2D eigenvalue weighted by Crippen LogP contribution is -2.35. The zero-order valence-corrected chi connectivity index (χ0v) is 11.6. The Morgan fingerprint density at radius 1 is 1.33 bits per heavy atom. The average molecular weight is 252 g/mol. The van der Waals surface area contributed by atoms with Crippen molar-refractivity contribution in [2.75, 3.05) is 33.9 Å². The Labute approximate surface area is 110 Å². The molecule has 18 heavy (non-hydrogen) atoms. The molecule has 0 heterocycles. The Hall–Kier alpha value is -1.10. The van der Waals surface area contributed by atoms with Crippen LogP contribution < -0.4 is 10.5 Å². The van der Waals surface area contributed by atoms with Crippen molar-refractivity contribution in [1.29, 1.82) is 0 Å². The second-order valence-corrected chi connectivity index (χ2v) is 4.45. The van der Waals surface area contributed by atoms with Gasteiger partial charge in [0.15, 0.2) is 0 Å². The molecule has 0 saturated heterocycles. The number of hydrogen-bond donors (Lipinski definition) is 1. The number of benzene rings is 1. The zero-order valence-electron chi connectivity index (χ0n) is 11.6. The van der Waals surface area contributed by atoms with E-state index in [2.05, 4.69) is 18.9 Å². The lowest BCUT2D eigenvalue weighted by Gasteiger charge is -2.24. The summed E-state index contributed by atoms with van der Waals surface area (Å²) in [6.07, 6.45) is 0. The minimum Gasteiger partial charge on any atom is -0.492 e. The molecule has 0 saturated carbocycles. The molecule has 0 aliphatic carbocycles. The molecule has 0 aliphatic heterocycles. The molecule has 4 nitrogen and oxygen atoms in total. The lowest BCUT2D eigenvalue weighted by atomic mass is 10.2. The molecule has 2 N–H and O–H groups in total. The van der Waals surface area contributed by atoms with Gasteiger partial charge in [0.2, 0.25) is 0 Å². The summed E-state index contributed by atoms with van der Waals surface area (Å²) in [5.41, 5.74) is 6.71. The predicted octanol–water partition coefficient (Wildman–Crippen LogP) is 1.49. The van der Waals surface area contributed by atoms with Gasteiger partial charge in [-0.2, -0.15) is 0 Å². The number of hydrogen-bond acceptors (Lipinski definition) is 4. The van der Waals surface area contributed by atoms with Gasteiger partial charge in [-0.1, -0.05) is 18.2 Å². The molecule has 1 rings (SSSR count). The molecule has 1 aromatic rings. The van der Waals surface area contributed by atoms with Gasteiger partial charge in [0.25, 0.3) is 0 Å². The van der Waals surface area contributed by atoms with Crippen LogP contribution in [0.4, 0.5) is 0 Å². The summed E-state index contributed by atoms with van der Waals surface area (Å²) in [6, 6.07) is 8.28. The summed E-state index contributed by atoms with van der Waals surface area (Å²) in [7, 11) is 3.79. The third-order valence-corrected chi connectivity index (χ3v) is 3.05. The Bertz CT molecular complexity index is 344. The number of likely N-dealkylation sites (N-methyl/N-ethyl adjacent to an activating group) is 1. The van der Waals surface area contributed by atoms with Crippen molar-refractivity contribution in [2.24, 2.45) is 5.73 Å². The molecule has 102 valence electrons. The Balaban J connectivity index is 2.37. The van der Waals surface area contributed by atoms with Crippen LogP contribution in [-0.4, -0.2) is 44.9 Å². The molecule has 0 aromatic heterocycles. The summed E-state index contributed by atoms with van der Waals surface area (Å²) in [5, 5.41) is 0. The van der Waals surface area contributed by atoms with Crippen LogP contribution in [0, 0.1) is 0 Å². The van der Waals surface area contributed by atoms with Crippen molar-refractivity contribution >= 4 is 0 Å². The minimum atomic E-state index is 0.392. The highest BCUT2D eigenvalue weighted by atomic mass is 16.5. The second kappa shape index (κ2) is 8.08. The molecule has 0 amide bonds. The Morgan fingerprint density at radius 2 is 2.06 bits per heavy atom. The zero-order chi connectivity index (χ0) is 13.4. The summed E-state index contributed by atoms with van der Waals surface area (Å²) in [4.78, 5) is 2.22. The van der Waals surface area contributed by atoms with Crippen molar-refractivity contribution in [3.63, 3.8) is 0 Å². The van der Waals surface area contributed by atoms with Gasteiger partial charge in [-0.15, -0.1) is 0 Å². The van der Waals surface area contributed by atoms with Crippen molar-refractivity contribution in [1.82, 2.24) is 4.90 Å². The van der Waals surface area contributed by atoms with Gasteiger partial charge in [-0.05, 0) is 20.0 Å². The third-order valence-electron chi connectivity index (χ3n) is 3.05. The van der Waals surface area contributed by atoms with E-state index in [1.54, 1.807) is 7.11 Å². The van der Waals surface area contributed by atoms with Crippen molar-refractivity contribution in [3.8, 4) is 5.75 Å². The average Bonchev–Trinajstić information content (AvgIpc) is 2.39. The van der Waals surface area contributed by atoms with Gasteiger partial charge in [0, 0.05) is 31.8 Å². The minimum absolute atomic E-state index is 0.392. The van der Waals surface area contributed by atoms with Gasteiger partial charge in [-0.3, -0.25) is 4.90 Å². The van der Waals surface area contributed by atoms with Crippen LogP contribution in [0.5, 0.6) is 5.75 Å². The van der Waals surface area contributed by atoms with Crippen molar-refractivity contribution < 1.29 is 9.47 Å². The van der Waals surface area contributed by atoms with Crippen LogP contribution in [0.15, 0.2) is 24.3 Å². The van der Waals surface area contributed by atoms with E-state index in [1.807, 2.05) is 24.3 Å². The van der Waals surface area contributed by atoms with Crippen LogP contribution in [0.3, 0.4) is 0 Å². The van der Waals surface area contributed by atoms with Gasteiger partial charge in [0.1, 0.15) is 12.4 Å². The SMILES string of the molecule is COCC(C)N(C)CCOc1ccccc1CN. The quantitative estimate of drug-likeness (QED) is 0.761. The highest BCUT2D eigenvalue weighted by Crippen LogP contribution is 2.16. The number of para-hydroxylation sites is 1. The number of nitrogens with two attached hydrogens (primary N) is 1. The maximum Gasteiger partial charge on any atom is 0.123 e. The van der Waals surface area contributed by atoms with E-state index < -0.39 is 0 Å². The predicted molar refractivity (Wildman–Crippen MR) is 73.8 cm³/mol. The Kier molecular flexibility index (Phi) is 6.72. The number of rotatable bonds is 8. The molecule has 0 radical (unpaired) electrons. The molecule has 0 spiro atoms.